The van der Waals surface area contributed by atoms with Gasteiger partial charge in [0.25, 0.3) is 5.56 Å². The van der Waals surface area contributed by atoms with Crippen molar-refractivity contribution in [3.05, 3.63) is 57.2 Å². The van der Waals surface area contributed by atoms with E-state index in [-0.39, 0.29) is 12.2 Å². The van der Waals surface area contributed by atoms with E-state index < -0.39 is 0 Å². The van der Waals surface area contributed by atoms with Gasteiger partial charge in [-0.1, -0.05) is 29.2 Å². The third-order valence-electron chi connectivity index (χ3n) is 3.89. The minimum atomic E-state index is -0.212. The number of nitrogens with zero attached hydrogens (tertiary/aromatic N) is 6. The highest BCUT2D eigenvalue weighted by atomic mass is 32.2. The summed E-state index contributed by atoms with van der Waals surface area (Å²) in [6.45, 7) is 1.99. The fourth-order valence-corrected chi connectivity index (χ4v) is 4.04. The van der Waals surface area contributed by atoms with Crippen LogP contribution in [0.4, 0.5) is 0 Å². The average Bonchev–Trinajstić information content (AvgIpc) is 3.27. The number of thioether (sulfide) groups is 1. The quantitative estimate of drug-likeness (QED) is 0.344. The van der Waals surface area contributed by atoms with Crippen molar-refractivity contribution in [1.82, 2.24) is 29.5 Å². The summed E-state index contributed by atoms with van der Waals surface area (Å²) < 4.78 is 13.5. The molecule has 0 aliphatic carbocycles. The lowest BCUT2D eigenvalue weighted by molar-refractivity contribution is 0.289. The molecule has 0 unspecified atom stereocenters. The summed E-state index contributed by atoms with van der Waals surface area (Å²) >= 11 is 2.70. The largest absolute Gasteiger partial charge is 0.497 e. The Balaban J connectivity index is 1.43. The molecular formula is C17H17N7O3S2. The van der Waals surface area contributed by atoms with Crippen molar-refractivity contribution in [3.8, 4) is 11.5 Å². The third-order valence-corrected chi connectivity index (χ3v) is 5.69. The fraction of sp³-hybridized carbons (Fsp3) is 0.235. The van der Waals surface area contributed by atoms with Crippen LogP contribution in [0.25, 0.3) is 4.96 Å². The molecule has 0 bridgehead atoms. The van der Waals surface area contributed by atoms with Crippen LogP contribution in [-0.4, -0.2) is 36.6 Å². The van der Waals surface area contributed by atoms with Crippen LogP contribution in [0.15, 0.2) is 40.3 Å². The van der Waals surface area contributed by atoms with Gasteiger partial charge in [-0.2, -0.15) is 9.61 Å². The van der Waals surface area contributed by atoms with E-state index in [4.69, 9.17) is 15.3 Å². The lowest BCUT2D eigenvalue weighted by Gasteiger charge is -2.07. The van der Waals surface area contributed by atoms with Gasteiger partial charge in [0.15, 0.2) is 5.82 Å². The second-order valence-electron chi connectivity index (χ2n) is 5.93. The summed E-state index contributed by atoms with van der Waals surface area (Å²) in [7, 11) is 1.59. The molecule has 0 aliphatic rings. The Kier molecular flexibility index (Phi) is 5.36. The van der Waals surface area contributed by atoms with E-state index in [9.17, 15) is 4.79 Å². The number of aryl methyl sites for hydroxylation is 1. The highest BCUT2D eigenvalue weighted by molar-refractivity contribution is 7.98. The van der Waals surface area contributed by atoms with Crippen molar-refractivity contribution in [2.75, 3.05) is 13.0 Å². The molecule has 0 saturated carbocycles. The molecule has 29 heavy (non-hydrogen) atoms. The van der Waals surface area contributed by atoms with E-state index in [2.05, 4.69) is 20.3 Å². The van der Waals surface area contributed by atoms with Gasteiger partial charge in [0, 0.05) is 17.9 Å². The Morgan fingerprint density at radius 3 is 2.90 bits per heavy atom. The number of rotatable bonds is 7. The maximum atomic E-state index is 12.1. The van der Waals surface area contributed by atoms with Gasteiger partial charge in [0.05, 0.1) is 12.8 Å². The van der Waals surface area contributed by atoms with E-state index in [1.807, 2.05) is 25.1 Å². The van der Waals surface area contributed by atoms with Gasteiger partial charge in [0.1, 0.15) is 23.1 Å². The van der Waals surface area contributed by atoms with Crippen molar-refractivity contribution in [2.24, 2.45) is 0 Å². The summed E-state index contributed by atoms with van der Waals surface area (Å²) in [4.78, 5) is 17.2. The number of fused-ring (bicyclic) bond motifs is 1. The molecule has 3 heterocycles. The standard InChI is InChI=1S/C17H17N7O3S2/c1-10-22-24-15(25)6-11(19-16(24)29-10)9-28-17-21-20-14(23(17)18)8-27-13-5-3-4-12(7-13)26-2/h3-7H,8-9,18H2,1-2H3. The number of nitrogen functional groups attached to an aromatic ring is 1. The van der Waals surface area contributed by atoms with Crippen LogP contribution in [-0.2, 0) is 12.4 Å². The molecule has 0 aliphatic heterocycles. The van der Waals surface area contributed by atoms with Crippen molar-refractivity contribution in [2.45, 2.75) is 24.4 Å². The first kappa shape index (κ1) is 19.2. The van der Waals surface area contributed by atoms with Crippen LogP contribution in [0.5, 0.6) is 11.5 Å². The number of benzene rings is 1. The topological polar surface area (TPSA) is 122 Å². The van der Waals surface area contributed by atoms with Crippen molar-refractivity contribution in [3.63, 3.8) is 0 Å². The number of methoxy groups -OCH3 is 1. The monoisotopic (exact) mass is 431 g/mol. The van der Waals surface area contributed by atoms with Gasteiger partial charge in [0.2, 0.25) is 10.1 Å². The molecule has 10 nitrogen and oxygen atoms in total. The van der Waals surface area contributed by atoms with Crippen LogP contribution in [0.1, 0.15) is 16.5 Å². The van der Waals surface area contributed by atoms with Gasteiger partial charge in [-0.3, -0.25) is 4.79 Å². The number of hydrogen-bond donors (Lipinski definition) is 1. The first-order chi connectivity index (χ1) is 14.0. The zero-order valence-corrected chi connectivity index (χ0v) is 17.2. The highest BCUT2D eigenvalue weighted by Crippen LogP contribution is 2.22. The van der Waals surface area contributed by atoms with Crippen LogP contribution in [0.3, 0.4) is 0 Å². The molecule has 1 aromatic carbocycles. The molecule has 150 valence electrons. The number of hydrogen-bond acceptors (Lipinski definition) is 10. The lowest BCUT2D eigenvalue weighted by atomic mass is 10.3. The van der Waals surface area contributed by atoms with Crippen LogP contribution >= 0.6 is 23.1 Å². The smallest absolute Gasteiger partial charge is 0.275 e. The summed E-state index contributed by atoms with van der Waals surface area (Å²) in [5.74, 6) is 8.32. The molecule has 3 aromatic heterocycles. The molecule has 4 aromatic rings. The lowest BCUT2D eigenvalue weighted by Crippen LogP contribution is -2.16. The SMILES string of the molecule is COc1cccc(OCc2nnc(SCc3cc(=O)n4nc(C)sc4n3)n2N)c1. The molecule has 0 saturated heterocycles. The first-order valence-electron chi connectivity index (χ1n) is 8.49. The fourth-order valence-electron chi connectivity index (χ4n) is 2.51. The van der Waals surface area contributed by atoms with Crippen LogP contribution in [0.2, 0.25) is 0 Å². The van der Waals surface area contributed by atoms with Crippen molar-refractivity contribution in [1.29, 1.82) is 0 Å². The van der Waals surface area contributed by atoms with Gasteiger partial charge < -0.3 is 15.3 Å². The Bertz CT molecular complexity index is 1220. The molecule has 12 heteroatoms. The first-order valence-corrected chi connectivity index (χ1v) is 10.3. The van der Waals surface area contributed by atoms with Gasteiger partial charge >= 0.3 is 0 Å². The van der Waals surface area contributed by atoms with Gasteiger partial charge in [-0.05, 0) is 19.1 Å². The van der Waals surface area contributed by atoms with Gasteiger partial charge in [-0.15, -0.1) is 10.2 Å². The third kappa shape index (κ3) is 4.17. The maximum absolute atomic E-state index is 12.1. The average molecular weight is 432 g/mol. The minimum absolute atomic E-state index is 0.156. The maximum Gasteiger partial charge on any atom is 0.275 e. The van der Waals surface area contributed by atoms with E-state index in [0.717, 1.165) is 5.01 Å². The van der Waals surface area contributed by atoms with E-state index in [1.54, 1.807) is 13.2 Å². The van der Waals surface area contributed by atoms with Crippen LogP contribution in [0, 0.1) is 6.92 Å². The zero-order valence-electron chi connectivity index (χ0n) is 15.6. The Hall–Kier alpha value is -3.12. The summed E-state index contributed by atoms with van der Waals surface area (Å²) in [6.07, 6.45) is 0. The molecular weight excluding hydrogens is 414 g/mol. The molecule has 0 radical (unpaired) electrons. The minimum Gasteiger partial charge on any atom is -0.497 e. The van der Waals surface area contributed by atoms with E-state index >= 15 is 0 Å². The summed E-state index contributed by atoms with van der Waals surface area (Å²) in [5.41, 5.74) is 0.414. The Morgan fingerprint density at radius 2 is 2.07 bits per heavy atom. The Morgan fingerprint density at radius 1 is 1.24 bits per heavy atom. The van der Waals surface area contributed by atoms with E-state index in [0.29, 0.717) is 38.9 Å². The van der Waals surface area contributed by atoms with E-state index in [1.165, 1.54) is 38.4 Å². The molecule has 0 atom stereocenters. The molecule has 4 rings (SSSR count). The predicted octanol–water partition coefficient (Wildman–Crippen LogP) is 1.64. The highest BCUT2D eigenvalue weighted by Gasteiger charge is 2.13. The Labute approximate surface area is 173 Å². The summed E-state index contributed by atoms with van der Waals surface area (Å²) in [5, 5.41) is 13.6. The number of nitrogens with two attached hydrogens (primary N) is 1. The van der Waals surface area contributed by atoms with Crippen LogP contribution < -0.4 is 20.9 Å². The van der Waals surface area contributed by atoms with Crippen molar-refractivity contribution >= 4 is 28.1 Å². The molecule has 0 spiro atoms. The number of aromatic nitrogens is 6. The number of ether oxygens (including phenoxy) is 2. The predicted molar refractivity (Wildman–Crippen MR) is 109 cm³/mol. The second kappa shape index (κ2) is 8.09. The van der Waals surface area contributed by atoms with Crippen molar-refractivity contribution < 1.29 is 9.47 Å². The molecule has 2 N–H and O–H groups in total. The summed E-state index contributed by atoms with van der Waals surface area (Å²) in [6, 6.07) is 8.71. The second-order valence-corrected chi connectivity index (χ2v) is 8.03. The molecule has 0 amide bonds. The normalized spacial score (nSPS) is 11.1. The molecule has 0 fully saturated rings. The van der Waals surface area contributed by atoms with Gasteiger partial charge in [-0.25, -0.2) is 9.66 Å². The zero-order chi connectivity index (χ0) is 20.4.